The third-order valence-electron chi connectivity index (χ3n) is 2.76. The maximum Gasteiger partial charge on any atom is 0.225 e. The highest BCUT2D eigenvalue weighted by Gasteiger charge is 2.08. The zero-order valence-corrected chi connectivity index (χ0v) is 11.2. The Bertz CT molecular complexity index is 407. The number of rotatable bonds is 6. The van der Waals surface area contributed by atoms with E-state index in [1.165, 1.54) is 0 Å². The van der Waals surface area contributed by atoms with Gasteiger partial charge in [0.2, 0.25) is 5.91 Å². The first-order valence-electron chi connectivity index (χ1n) is 5.98. The highest BCUT2D eigenvalue weighted by molar-refractivity contribution is 5.92. The van der Waals surface area contributed by atoms with Gasteiger partial charge in [-0.25, -0.2) is 0 Å². The number of carbonyl (C=O) groups excluding carboxylic acids is 1. The maximum absolute atomic E-state index is 11.8. The van der Waals surface area contributed by atoms with Crippen LogP contribution in [0.25, 0.3) is 0 Å². The predicted molar refractivity (Wildman–Crippen MR) is 73.8 cm³/mol. The molecule has 0 aliphatic carbocycles. The van der Waals surface area contributed by atoms with Gasteiger partial charge in [0.05, 0.1) is 12.8 Å². The van der Waals surface area contributed by atoms with Crippen LogP contribution in [0.4, 0.5) is 11.4 Å². The SMILES string of the molecule is CCN(C)CCC(=O)Nc1ccc(N)cc1OC. The van der Waals surface area contributed by atoms with E-state index in [-0.39, 0.29) is 5.91 Å². The Morgan fingerprint density at radius 1 is 1.50 bits per heavy atom. The summed E-state index contributed by atoms with van der Waals surface area (Å²) in [5.41, 5.74) is 6.91. The number of amides is 1. The van der Waals surface area contributed by atoms with Crippen LogP contribution in [0.2, 0.25) is 0 Å². The molecule has 18 heavy (non-hydrogen) atoms. The molecule has 5 nitrogen and oxygen atoms in total. The van der Waals surface area contributed by atoms with Gasteiger partial charge in [-0.3, -0.25) is 4.79 Å². The molecule has 100 valence electrons. The lowest BCUT2D eigenvalue weighted by Crippen LogP contribution is -2.24. The van der Waals surface area contributed by atoms with Gasteiger partial charge in [-0.2, -0.15) is 0 Å². The standard InChI is InChI=1S/C13H21N3O2/c1-4-16(2)8-7-13(17)15-11-6-5-10(14)9-12(11)18-3/h5-6,9H,4,7-8,14H2,1-3H3,(H,15,17). The Morgan fingerprint density at radius 3 is 2.83 bits per heavy atom. The fourth-order valence-corrected chi connectivity index (χ4v) is 1.47. The van der Waals surface area contributed by atoms with E-state index in [1.807, 2.05) is 7.05 Å². The van der Waals surface area contributed by atoms with Gasteiger partial charge in [-0.1, -0.05) is 6.92 Å². The van der Waals surface area contributed by atoms with Crippen LogP contribution in [-0.4, -0.2) is 38.1 Å². The fraction of sp³-hybridized carbons (Fsp3) is 0.462. The molecule has 1 aromatic carbocycles. The monoisotopic (exact) mass is 251 g/mol. The van der Waals surface area contributed by atoms with Gasteiger partial charge in [0.15, 0.2) is 0 Å². The number of methoxy groups -OCH3 is 1. The first-order valence-corrected chi connectivity index (χ1v) is 5.98. The van der Waals surface area contributed by atoms with E-state index >= 15 is 0 Å². The van der Waals surface area contributed by atoms with Crippen LogP contribution in [0, 0.1) is 0 Å². The third kappa shape index (κ3) is 4.25. The lowest BCUT2D eigenvalue weighted by molar-refractivity contribution is -0.116. The lowest BCUT2D eigenvalue weighted by Gasteiger charge is -2.14. The summed E-state index contributed by atoms with van der Waals surface area (Å²) in [6.07, 6.45) is 0.456. The molecule has 0 fully saturated rings. The van der Waals surface area contributed by atoms with Crippen molar-refractivity contribution in [1.82, 2.24) is 4.90 Å². The number of nitrogens with two attached hydrogens (primary N) is 1. The van der Waals surface area contributed by atoms with E-state index in [9.17, 15) is 4.79 Å². The van der Waals surface area contributed by atoms with Crippen LogP contribution in [-0.2, 0) is 4.79 Å². The van der Waals surface area contributed by atoms with Gasteiger partial charge in [0, 0.05) is 24.7 Å². The van der Waals surface area contributed by atoms with Crippen LogP contribution >= 0.6 is 0 Å². The Labute approximate surface area is 108 Å². The Kier molecular flexibility index (Phi) is 5.45. The number of nitrogen functional groups attached to an aromatic ring is 1. The van der Waals surface area contributed by atoms with Crippen LogP contribution in [0.5, 0.6) is 5.75 Å². The molecular formula is C13H21N3O2. The zero-order chi connectivity index (χ0) is 13.5. The fourth-order valence-electron chi connectivity index (χ4n) is 1.47. The smallest absolute Gasteiger partial charge is 0.225 e. The summed E-state index contributed by atoms with van der Waals surface area (Å²) in [4.78, 5) is 13.8. The topological polar surface area (TPSA) is 67.6 Å². The number of carbonyl (C=O) groups is 1. The molecule has 0 bridgehead atoms. The molecule has 1 aromatic rings. The number of hydrogen-bond donors (Lipinski definition) is 2. The molecule has 0 aliphatic heterocycles. The van der Waals surface area contributed by atoms with Crippen molar-refractivity contribution in [3.05, 3.63) is 18.2 Å². The van der Waals surface area contributed by atoms with Gasteiger partial charge in [-0.15, -0.1) is 0 Å². The van der Waals surface area contributed by atoms with Crippen molar-refractivity contribution in [2.75, 3.05) is 38.3 Å². The second-order valence-electron chi connectivity index (χ2n) is 4.15. The van der Waals surface area contributed by atoms with Gasteiger partial charge in [0.1, 0.15) is 5.75 Å². The molecule has 0 heterocycles. The summed E-state index contributed by atoms with van der Waals surface area (Å²) in [5.74, 6) is 0.547. The van der Waals surface area contributed by atoms with E-state index in [0.717, 1.165) is 13.1 Å². The van der Waals surface area contributed by atoms with E-state index in [0.29, 0.717) is 23.5 Å². The highest BCUT2D eigenvalue weighted by atomic mass is 16.5. The van der Waals surface area contributed by atoms with Crippen molar-refractivity contribution in [2.24, 2.45) is 0 Å². The Morgan fingerprint density at radius 2 is 2.22 bits per heavy atom. The number of anilines is 2. The van der Waals surface area contributed by atoms with Crippen molar-refractivity contribution in [2.45, 2.75) is 13.3 Å². The van der Waals surface area contributed by atoms with Crippen molar-refractivity contribution in [3.8, 4) is 5.75 Å². The van der Waals surface area contributed by atoms with Gasteiger partial charge >= 0.3 is 0 Å². The molecule has 0 spiro atoms. The van der Waals surface area contributed by atoms with E-state index in [2.05, 4.69) is 17.1 Å². The number of ether oxygens (including phenoxy) is 1. The summed E-state index contributed by atoms with van der Waals surface area (Å²) in [5, 5.41) is 2.82. The minimum absolute atomic E-state index is 0.0293. The van der Waals surface area contributed by atoms with Crippen molar-refractivity contribution < 1.29 is 9.53 Å². The number of benzene rings is 1. The lowest BCUT2D eigenvalue weighted by atomic mass is 10.2. The Hall–Kier alpha value is -1.75. The molecule has 0 saturated heterocycles. The van der Waals surface area contributed by atoms with Crippen LogP contribution in [0.1, 0.15) is 13.3 Å². The summed E-state index contributed by atoms with van der Waals surface area (Å²) in [6.45, 7) is 3.72. The molecule has 0 unspecified atom stereocenters. The molecule has 0 saturated carbocycles. The van der Waals surface area contributed by atoms with E-state index in [4.69, 9.17) is 10.5 Å². The van der Waals surface area contributed by atoms with Crippen LogP contribution in [0.15, 0.2) is 18.2 Å². The molecule has 1 rings (SSSR count). The third-order valence-corrected chi connectivity index (χ3v) is 2.76. The quantitative estimate of drug-likeness (QED) is 0.753. The van der Waals surface area contributed by atoms with E-state index in [1.54, 1.807) is 25.3 Å². The normalized spacial score (nSPS) is 10.4. The molecule has 0 radical (unpaired) electrons. The summed E-state index contributed by atoms with van der Waals surface area (Å²) in [7, 11) is 3.53. The van der Waals surface area contributed by atoms with Gasteiger partial charge in [-0.05, 0) is 25.7 Å². The number of nitrogens with zero attached hydrogens (tertiary/aromatic N) is 1. The molecule has 0 aromatic heterocycles. The first kappa shape index (κ1) is 14.3. The second kappa shape index (κ2) is 6.86. The Balaban J connectivity index is 2.59. The molecule has 5 heteroatoms. The summed E-state index contributed by atoms with van der Waals surface area (Å²) in [6, 6.07) is 5.17. The predicted octanol–water partition coefficient (Wildman–Crippen LogP) is 1.56. The van der Waals surface area contributed by atoms with Gasteiger partial charge < -0.3 is 20.7 Å². The van der Waals surface area contributed by atoms with Crippen molar-refractivity contribution in [1.29, 1.82) is 0 Å². The van der Waals surface area contributed by atoms with Gasteiger partial charge in [0.25, 0.3) is 0 Å². The maximum atomic E-state index is 11.8. The van der Waals surface area contributed by atoms with Crippen LogP contribution in [0.3, 0.4) is 0 Å². The first-order chi connectivity index (χ1) is 8.56. The molecule has 3 N–H and O–H groups in total. The average Bonchev–Trinajstić information content (AvgIpc) is 2.37. The number of hydrogen-bond acceptors (Lipinski definition) is 4. The largest absolute Gasteiger partial charge is 0.494 e. The molecular weight excluding hydrogens is 230 g/mol. The summed E-state index contributed by atoms with van der Waals surface area (Å²) < 4.78 is 5.17. The minimum Gasteiger partial charge on any atom is -0.494 e. The zero-order valence-electron chi connectivity index (χ0n) is 11.2. The number of nitrogens with one attached hydrogen (secondary N) is 1. The van der Waals surface area contributed by atoms with Crippen molar-refractivity contribution in [3.63, 3.8) is 0 Å². The average molecular weight is 251 g/mol. The molecule has 0 atom stereocenters. The minimum atomic E-state index is -0.0293. The van der Waals surface area contributed by atoms with E-state index < -0.39 is 0 Å². The summed E-state index contributed by atoms with van der Waals surface area (Å²) >= 11 is 0. The van der Waals surface area contributed by atoms with Crippen molar-refractivity contribution >= 4 is 17.3 Å². The van der Waals surface area contributed by atoms with Crippen LogP contribution < -0.4 is 15.8 Å². The second-order valence-corrected chi connectivity index (χ2v) is 4.15. The highest BCUT2D eigenvalue weighted by Crippen LogP contribution is 2.26. The molecule has 1 amide bonds. The molecule has 0 aliphatic rings.